The highest BCUT2D eigenvalue weighted by molar-refractivity contribution is 7.18. The number of nitrogens with zero attached hydrogens (tertiary/aromatic N) is 1. The molecule has 0 bridgehead atoms. The van der Waals surface area contributed by atoms with Crippen molar-refractivity contribution in [1.82, 2.24) is 10.3 Å². The second kappa shape index (κ2) is 7.33. The number of nitrogens with one attached hydrogen (secondary N) is 2. The lowest BCUT2D eigenvalue weighted by Crippen LogP contribution is -2.37. The molecule has 1 unspecified atom stereocenters. The van der Waals surface area contributed by atoms with Crippen LogP contribution < -0.4 is 16.4 Å². The Morgan fingerprint density at radius 2 is 2.11 bits per heavy atom. The Kier molecular flexibility index (Phi) is 6.08. The van der Waals surface area contributed by atoms with Crippen LogP contribution >= 0.6 is 11.3 Å². The van der Waals surface area contributed by atoms with Crippen LogP contribution in [-0.2, 0) is 0 Å². The summed E-state index contributed by atoms with van der Waals surface area (Å²) in [5.41, 5.74) is 5.81. The number of amides is 1. The van der Waals surface area contributed by atoms with Gasteiger partial charge in [0.1, 0.15) is 10.7 Å². The number of anilines is 2. The number of carbonyl (C=O) groups excluding carboxylic acids is 1. The van der Waals surface area contributed by atoms with Crippen molar-refractivity contribution >= 4 is 28.2 Å². The molecule has 4 N–H and O–H groups in total. The summed E-state index contributed by atoms with van der Waals surface area (Å²) < 4.78 is 0. The van der Waals surface area contributed by atoms with E-state index in [1.165, 1.54) is 11.3 Å². The average molecular weight is 284 g/mol. The third-order valence-electron chi connectivity index (χ3n) is 2.95. The van der Waals surface area contributed by atoms with E-state index in [0.717, 1.165) is 19.4 Å². The van der Waals surface area contributed by atoms with Crippen LogP contribution in [0.1, 0.15) is 50.2 Å². The topological polar surface area (TPSA) is 80.0 Å². The molecular weight excluding hydrogens is 260 g/mol. The molecule has 0 radical (unpaired) electrons. The summed E-state index contributed by atoms with van der Waals surface area (Å²) in [6.45, 7) is 9.16. The van der Waals surface area contributed by atoms with Crippen molar-refractivity contribution in [3.05, 3.63) is 4.88 Å². The fourth-order valence-corrected chi connectivity index (χ4v) is 2.59. The molecular formula is C13H24N4OS. The van der Waals surface area contributed by atoms with Gasteiger partial charge in [-0.3, -0.25) is 4.79 Å². The van der Waals surface area contributed by atoms with Crippen LogP contribution in [0.3, 0.4) is 0 Å². The van der Waals surface area contributed by atoms with Crippen molar-refractivity contribution in [2.24, 2.45) is 5.92 Å². The number of thiazole rings is 1. The first-order valence-corrected chi connectivity index (χ1v) is 7.62. The number of aromatic nitrogens is 1. The number of rotatable bonds is 7. The zero-order valence-corrected chi connectivity index (χ0v) is 12.9. The van der Waals surface area contributed by atoms with Gasteiger partial charge in [-0.25, -0.2) is 4.98 Å². The van der Waals surface area contributed by atoms with Gasteiger partial charge < -0.3 is 16.4 Å². The van der Waals surface area contributed by atoms with Crippen LogP contribution in [-0.4, -0.2) is 23.5 Å². The van der Waals surface area contributed by atoms with E-state index in [2.05, 4.69) is 43.3 Å². The number of hydrogen-bond donors (Lipinski definition) is 3. The molecule has 0 saturated carbocycles. The Morgan fingerprint density at radius 3 is 2.63 bits per heavy atom. The predicted molar refractivity (Wildman–Crippen MR) is 81.7 cm³/mol. The van der Waals surface area contributed by atoms with E-state index in [1.807, 2.05) is 0 Å². The Balaban J connectivity index is 2.73. The predicted octanol–water partition coefficient (Wildman–Crippen LogP) is 2.71. The lowest BCUT2D eigenvalue weighted by Gasteiger charge is -2.20. The first-order chi connectivity index (χ1) is 8.99. The van der Waals surface area contributed by atoms with Gasteiger partial charge in [0, 0.05) is 12.6 Å². The Hall–Kier alpha value is -1.30. The van der Waals surface area contributed by atoms with Crippen molar-refractivity contribution in [1.29, 1.82) is 0 Å². The molecule has 1 heterocycles. The maximum absolute atomic E-state index is 12.2. The molecule has 1 aromatic rings. The zero-order chi connectivity index (χ0) is 14.4. The van der Waals surface area contributed by atoms with Crippen molar-refractivity contribution in [3.63, 3.8) is 0 Å². The van der Waals surface area contributed by atoms with Crippen LogP contribution in [0.4, 0.5) is 10.9 Å². The Labute approximate surface area is 119 Å². The first kappa shape index (κ1) is 15.8. The van der Waals surface area contributed by atoms with Gasteiger partial charge in [-0.15, -0.1) is 0 Å². The summed E-state index contributed by atoms with van der Waals surface area (Å²) >= 11 is 1.31. The minimum Gasteiger partial charge on any atom is -0.382 e. The van der Waals surface area contributed by atoms with Gasteiger partial charge in [-0.1, -0.05) is 39.0 Å². The fourth-order valence-electron chi connectivity index (χ4n) is 1.78. The third-order valence-corrected chi connectivity index (χ3v) is 3.97. The van der Waals surface area contributed by atoms with Gasteiger partial charge in [-0.05, 0) is 18.8 Å². The smallest absolute Gasteiger partial charge is 0.265 e. The molecule has 108 valence electrons. The second-order valence-corrected chi connectivity index (χ2v) is 5.89. The largest absolute Gasteiger partial charge is 0.382 e. The normalized spacial score (nSPS) is 12.5. The highest BCUT2D eigenvalue weighted by atomic mass is 32.1. The van der Waals surface area contributed by atoms with Gasteiger partial charge in [0.2, 0.25) is 0 Å². The van der Waals surface area contributed by atoms with Crippen molar-refractivity contribution in [3.8, 4) is 0 Å². The van der Waals surface area contributed by atoms with Crippen molar-refractivity contribution in [2.75, 3.05) is 17.6 Å². The van der Waals surface area contributed by atoms with Gasteiger partial charge in [0.15, 0.2) is 5.13 Å². The maximum Gasteiger partial charge on any atom is 0.265 e. The molecule has 0 fully saturated rings. The number of nitrogen functional groups attached to an aromatic ring is 1. The van der Waals surface area contributed by atoms with Crippen LogP contribution in [0, 0.1) is 5.92 Å². The lowest BCUT2D eigenvalue weighted by molar-refractivity contribution is 0.0929. The minimum atomic E-state index is -0.125. The summed E-state index contributed by atoms with van der Waals surface area (Å²) in [6.07, 6.45) is 1.91. The summed E-state index contributed by atoms with van der Waals surface area (Å²) in [4.78, 5) is 16.8. The minimum absolute atomic E-state index is 0.125. The standard InChI is InChI=1S/C13H24N4OS/c1-5-7-15-13-17-11(14)10(19-13)12(18)16-9(6-2)8(3)4/h8-9H,5-7,14H2,1-4H3,(H,15,17)(H,16,18). The molecule has 0 aliphatic heterocycles. The van der Waals surface area contributed by atoms with Gasteiger partial charge in [0.25, 0.3) is 5.91 Å². The molecule has 6 heteroatoms. The summed E-state index contributed by atoms with van der Waals surface area (Å²) in [5.74, 6) is 0.584. The quantitative estimate of drug-likeness (QED) is 0.719. The molecule has 1 aromatic heterocycles. The van der Waals surface area contributed by atoms with Crippen LogP contribution in [0.5, 0.6) is 0 Å². The van der Waals surface area contributed by atoms with Crippen LogP contribution in [0.15, 0.2) is 0 Å². The maximum atomic E-state index is 12.2. The van der Waals surface area contributed by atoms with Crippen LogP contribution in [0.2, 0.25) is 0 Å². The average Bonchev–Trinajstić information content (AvgIpc) is 2.74. The summed E-state index contributed by atoms with van der Waals surface area (Å²) in [5, 5.41) is 6.87. The molecule has 0 aliphatic carbocycles. The molecule has 1 atom stereocenters. The number of nitrogens with two attached hydrogens (primary N) is 1. The molecule has 0 spiro atoms. The monoisotopic (exact) mass is 284 g/mol. The summed E-state index contributed by atoms with van der Waals surface area (Å²) in [7, 11) is 0. The molecule has 0 aliphatic rings. The highest BCUT2D eigenvalue weighted by Gasteiger charge is 2.20. The van der Waals surface area contributed by atoms with Gasteiger partial charge in [-0.2, -0.15) is 0 Å². The molecule has 0 aromatic carbocycles. The van der Waals surface area contributed by atoms with E-state index in [-0.39, 0.29) is 11.9 Å². The van der Waals surface area contributed by atoms with Gasteiger partial charge in [0.05, 0.1) is 0 Å². The SMILES string of the molecule is CCCNc1nc(N)c(C(=O)NC(CC)C(C)C)s1. The van der Waals surface area contributed by atoms with E-state index in [4.69, 9.17) is 5.73 Å². The van der Waals surface area contributed by atoms with E-state index >= 15 is 0 Å². The molecule has 0 saturated heterocycles. The van der Waals surface area contributed by atoms with Gasteiger partial charge >= 0.3 is 0 Å². The molecule has 19 heavy (non-hydrogen) atoms. The molecule has 5 nitrogen and oxygen atoms in total. The third kappa shape index (κ3) is 4.38. The Bertz CT molecular complexity index is 417. The molecule has 1 amide bonds. The second-order valence-electron chi connectivity index (χ2n) is 4.89. The van der Waals surface area contributed by atoms with E-state index in [0.29, 0.717) is 21.7 Å². The Morgan fingerprint density at radius 1 is 1.42 bits per heavy atom. The first-order valence-electron chi connectivity index (χ1n) is 6.80. The highest BCUT2D eigenvalue weighted by Crippen LogP contribution is 2.25. The van der Waals surface area contributed by atoms with E-state index in [1.54, 1.807) is 0 Å². The number of hydrogen-bond acceptors (Lipinski definition) is 5. The van der Waals surface area contributed by atoms with Crippen molar-refractivity contribution < 1.29 is 4.79 Å². The van der Waals surface area contributed by atoms with E-state index < -0.39 is 0 Å². The van der Waals surface area contributed by atoms with Crippen molar-refractivity contribution in [2.45, 2.75) is 46.6 Å². The lowest BCUT2D eigenvalue weighted by atomic mass is 10.0. The fraction of sp³-hybridized carbons (Fsp3) is 0.692. The van der Waals surface area contributed by atoms with E-state index in [9.17, 15) is 4.79 Å². The zero-order valence-electron chi connectivity index (χ0n) is 12.1. The summed E-state index contributed by atoms with van der Waals surface area (Å²) in [6, 6.07) is 0.168. The molecule has 1 rings (SSSR count). The van der Waals surface area contributed by atoms with Crippen LogP contribution in [0.25, 0.3) is 0 Å². The number of carbonyl (C=O) groups is 1.